The number of hydrogen-bond acceptors (Lipinski definition) is 5. The Hall–Kier alpha value is -3.19. The molecule has 26 heavy (non-hydrogen) atoms. The van der Waals surface area contributed by atoms with E-state index in [9.17, 15) is 9.18 Å². The highest BCUT2D eigenvalue weighted by Crippen LogP contribution is 2.29. The lowest BCUT2D eigenvalue weighted by molar-refractivity contribution is 0.102. The van der Waals surface area contributed by atoms with Crippen molar-refractivity contribution in [2.24, 2.45) is 0 Å². The highest BCUT2D eigenvalue weighted by molar-refractivity contribution is 6.31. The molecule has 0 aliphatic heterocycles. The average Bonchev–Trinajstić information content (AvgIpc) is 2.62. The van der Waals surface area contributed by atoms with Gasteiger partial charge < -0.3 is 15.4 Å². The summed E-state index contributed by atoms with van der Waals surface area (Å²) in [5.74, 6) is -0.190. The molecule has 3 rings (SSSR count). The van der Waals surface area contributed by atoms with Gasteiger partial charge >= 0.3 is 0 Å². The first-order chi connectivity index (χ1) is 12.5. The highest BCUT2D eigenvalue weighted by atomic mass is 35.5. The van der Waals surface area contributed by atoms with Crippen molar-refractivity contribution in [2.45, 2.75) is 0 Å². The van der Waals surface area contributed by atoms with Crippen LogP contribution in [0, 0.1) is 5.82 Å². The second kappa shape index (κ2) is 7.79. The van der Waals surface area contributed by atoms with Crippen LogP contribution in [0.1, 0.15) is 10.5 Å². The summed E-state index contributed by atoms with van der Waals surface area (Å²) >= 11 is 5.99. The van der Waals surface area contributed by atoms with Crippen molar-refractivity contribution in [1.82, 2.24) is 9.97 Å². The predicted octanol–water partition coefficient (Wildman–Crippen LogP) is 4.27. The molecule has 3 aromatic rings. The van der Waals surface area contributed by atoms with Gasteiger partial charge in [-0.3, -0.25) is 4.79 Å². The molecule has 2 N–H and O–H groups in total. The van der Waals surface area contributed by atoms with E-state index in [0.717, 1.165) is 0 Å². The molecule has 6 nitrogen and oxygen atoms in total. The third-order valence-electron chi connectivity index (χ3n) is 3.38. The molecule has 2 aromatic carbocycles. The maximum atomic E-state index is 13.2. The Morgan fingerprint density at radius 3 is 2.81 bits per heavy atom. The van der Waals surface area contributed by atoms with Gasteiger partial charge in [0.15, 0.2) is 0 Å². The van der Waals surface area contributed by atoms with Crippen LogP contribution in [0.3, 0.4) is 0 Å². The van der Waals surface area contributed by atoms with Gasteiger partial charge in [-0.15, -0.1) is 0 Å². The maximum absolute atomic E-state index is 13.2. The number of anilines is 3. The van der Waals surface area contributed by atoms with E-state index in [1.54, 1.807) is 24.3 Å². The zero-order valence-corrected chi connectivity index (χ0v) is 14.4. The molecule has 0 saturated carbocycles. The lowest BCUT2D eigenvalue weighted by Gasteiger charge is -2.11. The molecule has 1 heterocycles. The van der Waals surface area contributed by atoms with Crippen molar-refractivity contribution in [3.05, 3.63) is 71.3 Å². The Kier molecular flexibility index (Phi) is 5.28. The number of hydrogen-bond donors (Lipinski definition) is 2. The van der Waals surface area contributed by atoms with Gasteiger partial charge in [-0.25, -0.2) is 14.4 Å². The number of nitrogens with zero attached hydrogens (tertiary/aromatic N) is 2. The molecule has 0 fully saturated rings. The molecule has 0 atom stereocenters. The first-order valence-corrected chi connectivity index (χ1v) is 7.93. The molecule has 0 unspecified atom stereocenters. The Morgan fingerprint density at radius 2 is 2.04 bits per heavy atom. The molecule has 132 valence electrons. The molecule has 0 aliphatic carbocycles. The molecule has 8 heteroatoms. The summed E-state index contributed by atoms with van der Waals surface area (Å²) in [6, 6.07) is 12.1. The summed E-state index contributed by atoms with van der Waals surface area (Å²) in [7, 11) is 1.53. The first kappa shape index (κ1) is 17.6. The number of methoxy groups -OCH3 is 1. The van der Waals surface area contributed by atoms with Crippen LogP contribution in [0.4, 0.5) is 21.7 Å². The van der Waals surface area contributed by atoms with E-state index < -0.39 is 11.7 Å². The van der Waals surface area contributed by atoms with Crippen molar-refractivity contribution in [2.75, 3.05) is 17.7 Å². The van der Waals surface area contributed by atoms with E-state index in [0.29, 0.717) is 22.1 Å². The molecule has 0 aliphatic rings. The minimum absolute atomic E-state index is 0.118. The van der Waals surface area contributed by atoms with Crippen molar-refractivity contribution >= 4 is 34.8 Å². The molecule has 1 aromatic heterocycles. The topological polar surface area (TPSA) is 76.1 Å². The number of carbonyl (C=O) groups excluding carboxylic acids is 1. The third-order valence-corrected chi connectivity index (χ3v) is 3.61. The van der Waals surface area contributed by atoms with Crippen LogP contribution in [-0.4, -0.2) is 23.0 Å². The summed E-state index contributed by atoms with van der Waals surface area (Å²) in [4.78, 5) is 20.6. The van der Waals surface area contributed by atoms with Crippen molar-refractivity contribution in [3.8, 4) is 5.75 Å². The van der Waals surface area contributed by atoms with E-state index in [1.165, 1.54) is 37.6 Å². The second-order valence-electron chi connectivity index (χ2n) is 5.20. The lowest BCUT2D eigenvalue weighted by atomic mass is 10.3. The van der Waals surface area contributed by atoms with Gasteiger partial charge in [0, 0.05) is 16.9 Å². The Bertz CT molecular complexity index is 952. The van der Waals surface area contributed by atoms with E-state index in [2.05, 4.69) is 20.6 Å². The maximum Gasteiger partial charge on any atom is 0.274 e. The van der Waals surface area contributed by atoms with Gasteiger partial charge in [0.25, 0.3) is 5.91 Å². The van der Waals surface area contributed by atoms with Gasteiger partial charge in [0.1, 0.15) is 17.3 Å². The summed E-state index contributed by atoms with van der Waals surface area (Å²) in [6.45, 7) is 0. The van der Waals surface area contributed by atoms with Crippen LogP contribution < -0.4 is 15.4 Å². The molecule has 0 bridgehead atoms. The van der Waals surface area contributed by atoms with E-state index in [-0.39, 0.29) is 11.6 Å². The van der Waals surface area contributed by atoms with Gasteiger partial charge in [0.05, 0.1) is 12.8 Å². The Morgan fingerprint density at radius 1 is 1.19 bits per heavy atom. The van der Waals surface area contributed by atoms with Crippen molar-refractivity contribution in [3.63, 3.8) is 0 Å². The van der Waals surface area contributed by atoms with E-state index in [4.69, 9.17) is 16.3 Å². The van der Waals surface area contributed by atoms with E-state index in [1.807, 2.05) is 0 Å². The molecule has 0 saturated heterocycles. The number of halogens is 2. The number of amides is 1. The number of nitrogens with one attached hydrogen (secondary N) is 2. The first-order valence-electron chi connectivity index (χ1n) is 7.55. The lowest BCUT2D eigenvalue weighted by Crippen LogP contribution is -2.15. The summed E-state index contributed by atoms with van der Waals surface area (Å²) in [6.07, 6.45) is 1.44. The predicted molar refractivity (Wildman–Crippen MR) is 97.7 cm³/mol. The summed E-state index contributed by atoms with van der Waals surface area (Å²) in [5, 5.41) is 6.05. The van der Waals surface area contributed by atoms with Gasteiger partial charge in [0.2, 0.25) is 5.95 Å². The molecule has 0 spiro atoms. The van der Waals surface area contributed by atoms with Crippen LogP contribution in [0.2, 0.25) is 5.02 Å². The summed E-state index contributed by atoms with van der Waals surface area (Å²) < 4.78 is 18.5. The van der Waals surface area contributed by atoms with Gasteiger partial charge in [-0.05, 0) is 42.5 Å². The number of aromatic nitrogens is 2. The smallest absolute Gasteiger partial charge is 0.274 e. The SMILES string of the molecule is COc1ccc(Cl)cc1Nc1nccc(C(=O)Nc2cccc(F)c2)n1. The number of ether oxygens (including phenoxy) is 1. The fourth-order valence-corrected chi connectivity index (χ4v) is 2.38. The Balaban J connectivity index is 1.80. The largest absolute Gasteiger partial charge is 0.495 e. The molecule has 1 amide bonds. The van der Waals surface area contributed by atoms with Crippen LogP contribution in [0.15, 0.2) is 54.7 Å². The van der Waals surface area contributed by atoms with Crippen molar-refractivity contribution in [1.29, 1.82) is 0 Å². The monoisotopic (exact) mass is 372 g/mol. The highest BCUT2D eigenvalue weighted by Gasteiger charge is 2.11. The fraction of sp³-hybridized carbons (Fsp3) is 0.0556. The second-order valence-corrected chi connectivity index (χ2v) is 5.64. The van der Waals surface area contributed by atoms with Crippen LogP contribution in [0.5, 0.6) is 5.75 Å². The quantitative estimate of drug-likeness (QED) is 0.699. The minimum atomic E-state index is -0.487. The number of carbonyl (C=O) groups is 1. The zero-order valence-electron chi connectivity index (χ0n) is 13.7. The van der Waals surface area contributed by atoms with Gasteiger partial charge in [-0.2, -0.15) is 0 Å². The third kappa shape index (κ3) is 4.25. The fourth-order valence-electron chi connectivity index (χ4n) is 2.21. The standard InChI is InChI=1S/C18H14ClFN4O2/c1-26-16-6-5-11(19)9-15(16)24-18-21-8-7-14(23-18)17(25)22-13-4-2-3-12(20)10-13/h2-10H,1H3,(H,22,25)(H,21,23,24). The van der Waals surface area contributed by atoms with Crippen LogP contribution >= 0.6 is 11.6 Å². The average molecular weight is 373 g/mol. The Labute approximate surface area is 154 Å². The normalized spacial score (nSPS) is 10.3. The molecule has 0 radical (unpaired) electrons. The molecular formula is C18H14ClFN4O2. The number of rotatable bonds is 5. The number of benzene rings is 2. The van der Waals surface area contributed by atoms with Crippen LogP contribution in [-0.2, 0) is 0 Å². The van der Waals surface area contributed by atoms with E-state index >= 15 is 0 Å². The van der Waals surface area contributed by atoms with Gasteiger partial charge in [-0.1, -0.05) is 17.7 Å². The van der Waals surface area contributed by atoms with Crippen LogP contribution in [0.25, 0.3) is 0 Å². The van der Waals surface area contributed by atoms with Crippen molar-refractivity contribution < 1.29 is 13.9 Å². The summed E-state index contributed by atoms with van der Waals surface area (Å²) in [5.41, 5.74) is 1.01. The molecular weight excluding hydrogens is 359 g/mol. The zero-order chi connectivity index (χ0) is 18.5. The minimum Gasteiger partial charge on any atom is -0.495 e.